The topological polar surface area (TPSA) is 87.0 Å². The zero-order chi connectivity index (χ0) is 13.7. The van der Waals surface area contributed by atoms with E-state index in [1.807, 2.05) is 13.8 Å². The predicted molar refractivity (Wildman–Crippen MR) is 68.5 cm³/mol. The molecule has 1 N–H and O–H groups in total. The molecule has 8 heteroatoms. The Morgan fingerprint density at radius 2 is 2.00 bits per heavy atom. The molecule has 0 amide bonds. The van der Waals surface area contributed by atoms with Crippen LogP contribution in [-0.2, 0) is 6.54 Å². The number of nitrogens with zero attached hydrogens (tertiary/aromatic N) is 5. The van der Waals surface area contributed by atoms with Crippen molar-refractivity contribution >= 4 is 5.95 Å². The quantitative estimate of drug-likeness (QED) is 0.841. The molecule has 8 nitrogen and oxygen atoms in total. The third-order valence-corrected chi connectivity index (χ3v) is 2.23. The Morgan fingerprint density at radius 3 is 2.63 bits per heavy atom. The number of rotatable bonds is 6. The molecule has 0 radical (unpaired) electrons. The van der Waals surface area contributed by atoms with E-state index >= 15 is 0 Å². The second-order valence-corrected chi connectivity index (χ2v) is 3.54. The average Bonchev–Trinajstić information content (AvgIpc) is 2.86. The number of ether oxygens (including phenoxy) is 2. The van der Waals surface area contributed by atoms with Gasteiger partial charge in [-0.2, -0.15) is 15.1 Å². The minimum atomic E-state index is 0.165. The van der Waals surface area contributed by atoms with E-state index in [1.54, 1.807) is 24.1 Å². The van der Waals surface area contributed by atoms with Crippen LogP contribution < -0.4 is 14.8 Å². The van der Waals surface area contributed by atoms with E-state index in [9.17, 15) is 0 Å². The number of hydrogen-bond acceptors (Lipinski definition) is 7. The highest BCUT2D eigenvalue weighted by atomic mass is 16.5. The molecule has 0 aliphatic heterocycles. The summed E-state index contributed by atoms with van der Waals surface area (Å²) in [6.45, 7) is 5.09. The lowest BCUT2D eigenvalue weighted by molar-refractivity contribution is 0.304. The van der Waals surface area contributed by atoms with Crippen molar-refractivity contribution in [2.75, 3.05) is 19.0 Å². The van der Waals surface area contributed by atoms with Crippen molar-refractivity contribution in [2.24, 2.45) is 0 Å². The highest BCUT2D eigenvalue weighted by molar-refractivity contribution is 5.28. The fraction of sp³-hybridized carbons (Fsp3) is 0.455. The molecule has 0 aliphatic rings. The average molecular weight is 264 g/mol. The van der Waals surface area contributed by atoms with Crippen molar-refractivity contribution in [3.05, 3.63) is 12.4 Å². The van der Waals surface area contributed by atoms with E-state index in [-0.39, 0.29) is 12.0 Å². The largest absolute Gasteiger partial charge is 0.464 e. The van der Waals surface area contributed by atoms with Gasteiger partial charge in [0, 0.05) is 13.6 Å². The van der Waals surface area contributed by atoms with Gasteiger partial charge in [-0.15, -0.1) is 4.98 Å². The van der Waals surface area contributed by atoms with Crippen molar-refractivity contribution in [2.45, 2.75) is 20.4 Å². The Labute approximate surface area is 110 Å². The van der Waals surface area contributed by atoms with Gasteiger partial charge in [0.25, 0.3) is 0 Å². The summed E-state index contributed by atoms with van der Waals surface area (Å²) in [5.74, 6) is 0.953. The molecule has 0 aliphatic carbocycles. The molecule has 0 aromatic carbocycles. The summed E-state index contributed by atoms with van der Waals surface area (Å²) in [4.78, 5) is 12.2. The fourth-order valence-electron chi connectivity index (χ4n) is 1.36. The number of aryl methyl sites for hydroxylation is 1. The molecule has 0 spiro atoms. The zero-order valence-corrected chi connectivity index (χ0v) is 11.1. The van der Waals surface area contributed by atoms with Gasteiger partial charge in [0.15, 0.2) is 5.75 Å². The van der Waals surface area contributed by atoms with E-state index in [1.165, 1.54) is 0 Å². The van der Waals surface area contributed by atoms with Gasteiger partial charge < -0.3 is 14.8 Å². The molecule has 102 valence electrons. The van der Waals surface area contributed by atoms with E-state index in [0.717, 1.165) is 6.54 Å². The lowest BCUT2D eigenvalue weighted by Gasteiger charge is -2.06. The van der Waals surface area contributed by atoms with Gasteiger partial charge in [-0.3, -0.25) is 4.68 Å². The smallest absolute Gasteiger partial charge is 0.330 e. The molecule has 0 atom stereocenters. The minimum Gasteiger partial charge on any atom is -0.464 e. The van der Waals surface area contributed by atoms with Gasteiger partial charge in [-0.25, -0.2) is 0 Å². The van der Waals surface area contributed by atoms with Crippen LogP contribution in [0, 0.1) is 0 Å². The van der Waals surface area contributed by atoms with Gasteiger partial charge in [0.2, 0.25) is 5.95 Å². The Morgan fingerprint density at radius 1 is 1.21 bits per heavy atom. The van der Waals surface area contributed by atoms with Gasteiger partial charge in [0.05, 0.1) is 19.0 Å². The molecule has 0 unspecified atom stereocenters. The summed E-state index contributed by atoms with van der Waals surface area (Å²) in [7, 11) is 1.71. The lowest BCUT2D eigenvalue weighted by Crippen LogP contribution is -2.05. The van der Waals surface area contributed by atoms with Crippen molar-refractivity contribution in [1.29, 1.82) is 0 Å². The predicted octanol–water partition coefficient (Wildman–Crippen LogP) is 1.32. The van der Waals surface area contributed by atoms with Crippen molar-refractivity contribution in [3.63, 3.8) is 0 Å². The van der Waals surface area contributed by atoms with E-state index in [4.69, 9.17) is 9.47 Å². The minimum absolute atomic E-state index is 0.165. The second-order valence-electron chi connectivity index (χ2n) is 3.54. The molecule has 2 rings (SSSR count). The monoisotopic (exact) mass is 264 g/mol. The third kappa shape index (κ3) is 3.30. The Balaban J connectivity index is 2.20. The summed E-state index contributed by atoms with van der Waals surface area (Å²) in [5.41, 5.74) is 0. The summed E-state index contributed by atoms with van der Waals surface area (Å²) in [6, 6.07) is 0.387. The number of hydrogen-bond donors (Lipinski definition) is 1. The van der Waals surface area contributed by atoms with Crippen LogP contribution in [0.3, 0.4) is 0 Å². The first-order valence-corrected chi connectivity index (χ1v) is 6.02. The first-order valence-electron chi connectivity index (χ1n) is 6.02. The highest BCUT2D eigenvalue weighted by Gasteiger charge is 2.09. The summed E-state index contributed by atoms with van der Waals surface area (Å²) < 4.78 is 12.5. The molecule has 2 aromatic rings. The number of anilines is 1. The van der Waals surface area contributed by atoms with Crippen LogP contribution >= 0.6 is 0 Å². The molecule has 0 saturated heterocycles. The summed E-state index contributed by atoms with van der Waals surface area (Å²) in [5, 5.41) is 6.93. The van der Waals surface area contributed by atoms with Crippen LogP contribution in [0.25, 0.3) is 0 Å². The van der Waals surface area contributed by atoms with E-state index in [2.05, 4.69) is 25.4 Å². The molecule has 0 bridgehead atoms. The Bertz CT molecular complexity index is 542. The van der Waals surface area contributed by atoms with Crippen LogP contribution in [0.2, 0.25) is 0 Å². The van der Waals surface area contributed by atoms with E-state index < -0.39 is 0 Å². The first kappa shape index (κ1) is 13.1. The second kappa shape index (κ2) is 5.98. The summed E-state index contributed by atoms with van der Waals surface area (Å²) in [6.07, 6.45) is 3.37. The van der Waals surface area contributed by atoms with Gasteiger partial charge in [-0.1, -0.05) is 0 Å². The maximum absolute atomic E-state index is 5.52. The van der Waals surface area contributed by atoms with E-state index in [0.29, 0.717) is 18.3 Å². The van der Waals surface area contributed by atoms with Crippen LogP contribution in [-0.4, -0.2) is 38.4 Å². The normalized spacial score (nSPS) is 10.3. The maximum Gasteiger partial charge on any atom is 0.330 e. The molecule has 19 heavy (non-hydrogen) atoms. The molecule has 0 fully saturated rings. The van der Waals surface area contributed by atoms with Gasteiger partial charge in [-0.05, 0) is 13.8 Å². The van der Waals surface area contributed by atoms with Gasteiger partial charge >= 0.3 is 12.0 Å². The molecular weight excluding hydrogens is 248 g/mol. The van der Waals surface area contributed by atoms with Crippen LogP contribution in [0.4, 0.5) is 5.95 Å². The molecule has 2 heterocycles. The SMILES string of the molecule is CCOc1nc(NC)nc(Oc2cnn(CC)c2)n1. The zero-order valence-electron chi connectivity index (χ0n) is 11.1. The Hall–Kier alpha value is -2.38. The van der Waals surface area contributed by atoms with Crippen molar-refractivity contribution in [3.8, 4) is 17.8 Å². The van der Waals surface area contributed by atoms with Crippen LogP contribution in [0.1, 0.15) is 13.8 Å². The first-order chi connectivity index (χ1) is 9.25. The lowest BCUT2D eigenvalue weighted by atomic mass is 10.6. The maximum atomic E-state index is 5.52. The van der Waals surface area contributed by atoms with Gasteiger partial charge in [0.1, 0.15) is 0 Å². The number of nitrogens with one attached hydrogen (secondary N) is 1. The molecular formula is C11H16N6O2. The molecule has 0 saturated carbocycles. The van der Waals surface area contributed by atoms with Crippen LogP contribution in [0.5, 0.6) is 17.8 Å². The fourth-order valence-corrected chi connectivity index (χ4v) is 1.36. The number of aromatic nitrogens is 5. The third-order valence-electron chi connectivity index (χ3n) is 2.23. The summed E-state index contributed by atoms with van der Waals surface area (Å²) >= 11 is 0. The standard InChI is InChI=1S/C11H16N6O2/c1-4-17-7-8(6-13-17)19-11-15-9(12-3)14-10(16-11)18-5-2/h6-7H,4-5H2,1-3H3,(H,12,14,15,16). The highest BCUT2D eigenvalue weighted by Crippen LogP contribution is 2.19. The molecule has 2 aromatic heterocycles. The van der Waals surface area contributed by atoms with Crippen LogP contribution in [0.15, 0.2) is 12.4 Å². The Kier molecular flexibility index (Phi) is 4.11. The van der Waals surface area contributed by atoms with Crippen molar-refractivity contribution < 1.29 is 9.47 Å². The van der Waals surface area contributed by atoms with Crippen molar-refractivity contribution in [1.82, 2.24) is 24.7 Å².